The zero-order valence-electron chi connectivity index (χ0n) is 9.58. The Morgan fingerprint density at radius 1 is 1.50 bits per heavy atom. The number of anilines is 2. The van der Waals surface area contributed by atoms with Gasteiger partial charge in [0.15, 0.2) is 0 Å². The van der Waals surface area contributed by atoms with Crippen LogP contribution in [0.4, 0.5) is 15.8 Å². The van der Waals surface area contributed by atoms with Crippen molar-refractivity contribution in [2.45, 2.75) is 6.92 Å². The van der Waals surface area contributed by atoms with E-state index in [1.54, 1.807) is 25.9 Å². The SMILES string of the molecule is CCOC(=O)c1cc(N(C)C)c(F)cc1N. The summed E-state index contributed by atoms with van der Waals surface area (Å²) in [4.78, 5) is 13.1. The highest BCUT2D eigenvalue weighted by atomic mass is 19.1. The number of carbonyl (C=O) groups excluding carboxylic acids is 1. The Balaban J connectivity index is 3.19. The molecule has 88 valence electrons. The van der Waals surface area contributed by atoms with E-state index in [0.717, 1.165) is 6.07 Å². The Bertz CT molecular complexity index is 405. The standard InChI is InChI=1S/C11H15FN2O2/c1-4-16-11(15)7-5-10(14(2)3)8(12)6-9(7)13/h5-6H,4,13H2,1-3H3. The highest BCUT2D eigenvalue weighted by Crippen LogP contribution is 2.24. The number of nitrogens with two attached hydrogens (primary N) is 1. The molecule has 0 spiro atoms. The van der Waals surface area contributed by atoms with Crippen molar-refractivity contribution < 1.29 is 13.9 Å². The van der Waals surface area contributed by atoms with Crippen LogP contribution in [-0.4, -0.2) is 26.7 Å². The second-order valence-electron chi connectivity index (χ2n) is 3.51. The monoisotopic (exact) mass is 226 g/mol. The maximum Gasteiger partial charge on any atom is 0.340 e. The Kier molecular flexibility index (Phi) is 3.71. The lowest BCUT2D eigenvalue weighted by Gasteiger charge is -2.15. The molecule has 2 N–H and O–H groups in total. The summed E-state index contributed by atoms with van der Waals surface area (Å²) >= 11 is 0. The van der Waals surface area contributed by atoms with E-state index in [0.29, 0.717) is 5.69 Å². The van der Waals surface area contributed by atoms with E-state index in [-0.39, 0.29) is 17.9 Å². The first-order chi connectivity index (χ1) is 7.47. The number of halogens is 1. The number of ether oxygens (including phenoxy) is 1. The molecule has 5 heteroatoms. The molecule has 0 atom stereocenters. The fourth-order valence-corrected chi connectivity index (χ4v) is 1.31. The summed E-state index contributed by atoms with van der Waals surface area (Å²) in [6.07, 6.45) is 0. The van der Waals surface area contributed by atoms with Crippen LogP contribution in [0.3, 0.4) is 0 Å². The van der Waals surface area contributed by atoms with Crippen molar-refractivity contribution in [3.05, 3.63) is 23.5 Å². The zero-order valence-corrected chi connectivity index (χ0v) is 9.58. The Hall–Kier alpha value is -1.78. The van der Waals surface area contributed by atoms with E-state index in [1.165, 1.54) is 6.07 Å². The smallest absolute Gasteiger partial charge is 0.340 e. The van der Waals surface area contributed by atoms with Crippen molar-refractivity contribution in [3.63, 3.8) is 0 Å². The number of esters is 1. The van der Waals surface area contributed by atoms with E-state index >= 15 is 0 Å². The predicted molar refractivity (Wildman–Crippen MR) is 61.1 cm³/mol. The first-order valence-electron chi connectivity index (χ1n) is 4.90. The number of nitrogen functional groups attached to an aromatic ring is 1. The third-order valence-corrected chi connectivity index (χ3v) is 2.10. The Morgan fingerprint density at radius 2 is 2.12 bits per heavy atom. The van der Waals surface area contributed by atoms with Crippen molar-refractivity contribution in [3.8, 4) is 0 Å². The molecule has 0 aliphatic rings. The van der Waals surface area contributed by atoms with Crippen molar-refractivity contribution in [1.82, 2.24) is 0 Å². The fourth-order valence-electron chi connectivity index (χ4n) is 1.31. The van der Waals surface area contributed by atoms with Crippen molar-refractivity contribution in [1.29, 1.82) is 0 Å². The van der Waals surface area contributed by atoms with Crippen LogP contribution in [0.15, 0.2) is 12.1 Å². The second kappa shape index (κ2) is 4.83. The van der Waals surface area contributed by atoms with Gasteiger partial charge in [0.2, 0.25) is 0 Å². The lowest BCUT2D eigenvalue weighted by Crippen LogP contribution is -2.14. The van der Waals surface area contributed by atoms with E-state index in [4.69, 9.17) is 10.5 Å². The quantitative estimate of drug-likeness (QED) is 0.629. The third kappa shape index (κ3) is 2.42. The highest BCUT2D eigenvalue weighted by molar-refractivity contribution is 5.96. The third-order valence-electron chi connectivity index (χ3n) is 2.10. The molecule has 0 aromatic heterocycles. The molecule has 0 heterocycles. The minimum absolute atomic E-state index is 0.0848. The molecule has 0 amide bonds. The molecule has 0 unspecified atom stereocenters. The van der Waals surface area contributed by atoms with Gasteiger partial charge < -0.3 is 15.4 Å². The van der Waals surface area contributed by atoms with Gasteiger partial charge in [-0.3, -0.25) is 0 Å². The first-order valence-corrected chi connectivity index (χ1v) is 4.90. The molecule has 16 heavy (non-hydrogen) atoms. The Morgan fingerprint density at radius 3 is 2.62 bits per heavy atom. The zero-order chi connectivity index (χ0) is 12.3. The largest absolute Gasteiger partial charge is 0.462 e. The average molecular weight is 226 g/mol. The van der Waals surface area contributed by atoms with Gasteiger partial charge in [0.1, 0.15) is 5.82 Å². The second-order valence-corrected chi connectivity index (χ2v) is 3.51. The maximum atomic E-state index is 13.5. The summed E-state index contributed by atoms with van der Waals surface area (Å²) in [5.74, 6) is -1.00. The van der Waals surface area contributed by atoms with E-state index in [2.05, 4.69) is 0 Å². The molecule has 0 aliphatic heterocycles. The molecular weight excluding hydrogens is 211 g/mol. The molecule has 0 bridgehead atoms. The highest BCUT2D eigenvalue weighted by Gasteiger charge is 2.15. The maximum absolute atomic E-state index is 13.5. The van der Waals surface area contributed by atoms with E-state index in [9.17, 15) is 9.18 Å². The minimum Gasteiger partial charge on any atom is -0.462 e. The summed E-state index contributed by atoms with van der Waals surface area (Å²) in [7, 11) is 3.37. The number of hydrogen-bond acceptors (Lipinski definition) is 4. The average Bonchev–Trinajstić information content (AvgIpc) is 2.17. The van der Waals surface area contributed by atoms with Crippen LogP contribution in [0.2, 0.25) is 0 Å². The molecule has 4 nitrogen and oxygen atoms in total. The fraction of sp³-hybridized carbons (Fsp3) is 0.364. The number of carbonyl (C=O) groups is 1. The van der Waals surface area contributed by atoms with Gasteiger partial charge in [0.05, 0.1) is 17.9 Å². The minimum atomic E-state index is -0.539. The molecule has 1 aromatic carbocycles. The van der Waals surface area contributed by atoms with Crippen LogP contribution in [0.5, 0.6) is 0 Å². The number of rotatable bonds is 3. The van der Waals surface area contributed by atoms with Gasteiger partial charge in [-0.25, -0.2) is 9.18 Å². The molecule has 1 aromatic rings. The summed E-state index contributed by atoms with van der Waals surface area (Å²) < 4.78 is 18.3. The van der Waals surface area contributed by atoms with Crippen LogP contribution >= 0.6 is 0 Å². The van der Waals surface area contributed by atoms with Gasteiger partial charge in [-0.05, 0) is 19.1 Å². The number of nitrogens with zero attached hydrogens (tertiary/aromatic N) is 1. The molecule has 1 rings (SSSR count). The van der Waals surface area contributed by atoms with Crippen LogP contribution in [0.25, 0.3) is 0 Å². The summed E-state index contributed by atoms with van der Waals surface area (Å²) in [6.45, 7) is 1.96. The van der Waals surface area contributed by atoms with Crippen LogP contribution in [0.1, 0.15) is 17.3 Å². The lowest BCUT2D eigenvalue weighted by molar-refractivity contribution is 0.0527. The van der Waals surface area contributed by atoms with Gasteiger partial charge in [0, 0.05) is 19.8 Å². The normalized spacial score (nSPS) is 10.0. The Labute approximate surface area is 93.8 Å². The van der Waals surface area contributed by atoms with Gasteiger partial charge >= 0.3 is 5.97 Å². The van der Waals surface area contributed by atoms with E-state index < -0.39 is 11.8 Å². The molecule has 0 fully saturated rings. The first kappa shape index (κ1) is 12.3. The van der Waals surface area contributed by atoms with Crippen LogP contribution in [-0.2, 0) is 4.74 Å². The summed E-state index contributed by atoms with van der Waals surface area (Å²) in [5, 5.41) is 0. The number of hydrogen-bond donors (Lipinski definition) is 1. The van der Waals surface area contributed by atoms with Crippen LogP contribution in [0, 0.1) is 5.82 Å². The van der Waals surface area contributed by atoms with Gasteiger partial charge in [0.25, 0.3) is 0 Å². The molecule has 0 aliphatic carbocycles. The lowest BCUT2D eigenvalue weighted by atomic mass is 10.1. The molecular formula is C11H15FN2O2. The van der Waals surface area contributed by atoms with Crippen LogP contribution < -0.4 is 10.6 Å². The summed E-state index contributed by atoms with van der Waals surface area (Å²) in [6, 6.07) is 2.52. The van der Waals surface area contributed by atoms with Crippen molar-refractivity contribution >= 4 is 17.3 Å². The topological polar surface area (TPSA) is 55.6 Å². The molecule has 0 saturated carbocycles. The predicted octanol–water partition coefficient (Wildman–Crippen LogP) is 1.65. The van der Waals surface area contributed by atoms with Gasteiger partial charge in [-0.15, -0.1) is 0 Å². The van der Waals surface area contributed by atoms with Crippen molar-refractivity contribution in [2.75, 3.05) is 31.3 Å². The van der Waals surface area contributed by atoms with E-state index in [1.807, 2.05) is 0 Å². The number of benzene rings is 1. The van der Waals surface area contributed by atoms with Crippen molar-refractivity contribution in [2.24, 2.45) is 0 Å². The van der Waals surface area contributed by atoms with Gasteiger partial charge in [-0.1, -0.05) is 0 Å². The van der Waals surface area contributed by atoms with Gasteiger partial charge in [-0.2, -0.15) is 0 Å². The summed E-state index contributed by atoms with van der Waals surface area (Å²) in [5.41, 5.74) is 6.14. The molecule has 0 saturated heterocycles. The molecule has 0 radical (unpaired) electrons.